The van der Waals surface area contributed by atoms with E-state index in [-0.39, 0.29) is 24.4 Å². The third-order valence-corrected chi connectivity index (χ3v) is 5.50. The summed E-state index contributed by atoms with van der Waals surface area (Å²) in [5, 5.41) is 8.16. The lowest BCUT2D eigenvalue weighted by atomic mass is 10.0. The van der Waals surface area contributed by atoms with Crippen molar-refractivity contribution >= 4 is 46.6 Å². The van der Waals surface area contributed by atoms with E-state index in [9.17, 15) is 19.2 Å². The third-order valence-electron chi connectivity index (χ3n) is 5.17. The molecule has 1 unspecified atom stereocenters. The van der Waals surface area contributed by atoms with Crippen LogP contribution >= 0.6 is 11.6 Å². The highest BCUT2D eigenvalue weighted by Crippen LogP contribution is 2.41. The van der Waals surface area contributed by atoms with Gasteiger partial charge in [-0.15, -0.1) is 0 Å². The lowest BCUT2D eigenvalue weighted by molar-refractivity contribution is -0.127. The average Bonchev–Trinajstić information content (AvgIpc) is 3.52. The molecule has 1 aliphatic carbocycles. The van der Waals surface area contributed by atoms with Gasteiger partial charge in [0.2, 0.25) is 17.7 Å². The van der Waals surface area contributed by atoms with E-state index < -0.39 is 17.9 Å². The topological polar surface area (TPSA) is 108 Å². The molecule has 1 atom stereocenters. The van der Waals surface area contributed by atoms with Crippen molar-refractivity contribution in [1.82, 2.24) is 10.2 Å². The van der Waals surface area contributed by atoms with Gasteiger partial charge in [0.1, 0.15) is 6.04 Å². The maximum absolute atomic E-state index is 12.9. The summed E-state index contributed by atoms with van der Waals surface area (Å²) < 4.78 is 0. The minimum atomic E-state index is -0.740. The number of carbonyl (C=O) groups is 4. The Morgan fingerprint density at radius 3 is 2.55 bits per heavy atom. The number of nitrogens with zero attached hydrogens (tertiary/aromatic N) is 1. The summed E-state index contributed by atoms with van der Waals surface area (Å²) in [5.74, 6) is -1.29. The number of hydrogen-bond donors (Lipinski definition) is 3. The highest BCUT2D eigenvalue weighted by molar-refractivity contribution is 6.34. The standard InChI is InChI=1S/C22H21ClN4O4/c1-12(28)25-13-6-9-17(23)18(10-13)26-19(29)11-24-21(30)20-15-4-2-3-5-16(15)22(31)27(20)14-7-8-14/h2-6,9-10,14,20H,7-8,11H2,1H3,(H,24,30)(H,25,28)(H,26,29). The summed E-state index contributed by atoms with van der Waals surface area (Å²) in [6.45, 7) is 1.09. The second kappa shape index (κ2) is 8.39. The van der Waals surface area contributed by atoms with Crippen LogP contribution in [0.5, 0.6) is 0 Å². The van der Waals surface area contributed by atoms with E-state index in [1.54, 1.807) is 41.3 Å². The summed E-state index contributed by atoms with van der Waals surface area (Å²) in [6.07, 6.45) is 1.74. The minimum Gasteiger partial charge on any atom is -0.345 e. The molecule has 1 fully saturated rings. The molecule has 4 rings (SSSR count). The maximum atomic E-state index is 12.9. The molecular weight excluding hydrogens is 420 g/mol. The molecule has 0 bridgehead atoms. The second-order valence-electron chi connectivity index (χ2n) is 7.58. The molecule has 160 valence electrons. The minimum absolute atomic E-state index is 0.0554. The van der Waals surface area contributed by atoms with Gasteiger partial charge < -0.3 is 20.9 Å². The van der Waals surface area contributed by atoms with Crippen LogP contribution in [-0.4, -0.2) is 41.1 Å². The molecule has 3 N–H and O–H groups in total. The predicted molar refractivity (Wildman–Crippen MR) is 116 cm³/mol. The van der Waals surface area contributed by atoms with E-state index in [1.807, 2.05) is 0 Å². The molecule has 2 aromatic carbocycles. The van der Waals surface area contributed by atoms with Crippen molar-refractivity contribution in [3.8, 4) is 0 Å². The monoisotopic (exact) mass is 440 g/mol. The van der Waals surface area contributed by atoms with Crippen molar-refractivity contribution in [3.05, 3.63) is 58.6 Å². The van der Waals surface area contributed by atoms with Crippen LogP contribution in [0.1, 0.15) is 41.7 Å². The lowest BCUT2D eigenvalue weighted by Gasteiger charge is -2.24. The number of benzene rings is 2. The summed E-state index contributed by atoms with van der Waals surface area (Å²) in [5.41, 5.74) is 1.98. The van der Waals surface area contributed by atoms with Crippen LogP contribution in [0.15, 0.2) is 42.5 Å². The summed E-state index contributed by atoms with van der Waals surface area (Å²) in [7, 11) is 0. The van der Waals surface area contributed by atoms with Gasteiger partial charge in [-0.05, 0) is 42.7 Å². The lowest BCUT2D eigenvalue weighted by Crippen LogP contribution is -2.42. The van der Waals surface area contributed by atoms with Crippen LogP contribution in [0.25, 0.3) is 0 Å². The van der Waals surface area contributed by atoms with Crippen LogP contribution in [0.3, 0.4) is 0 Å². The van der Waals surface area contributed by atoms with Gasteiger partial charge in [-0.1, -0.05) is 29.8 Å². The number of carbonyl (C=O) groups excluding carboxylic acids is 4. The quantitative estimate of drug-likeness (QED) is 0.641. The first-order valence-electron chi connectivity index (χ1n) is 9.91. The Labute approximate surface area is 183 Å². The highest BCUT2D eigenvalue weighted by Gasteiger charge is 2.47. The molecule has 8 nitrogen and oxygen atoms in total. The first kappa shape index (κ1) is 20.9. The normalized spacial score (nSPS) is 17.2. The second-order valence-corrected chi connectivity index (χ2v) is 7.98. The SMILES string of the molecule is CC(=O)Nc1ccc(Cl)c(NC(=O)CNC(=O)C2c3ccccc3C(=O)N2C2CC2)c1. The number of rotatable bonds is 6. The van der Waals surface area contributed by atoms with Crippen molar-refractivity contribution in [2.45, 2.75) is 31.8 Å². The fourth-order valence-corrected chi connectivity index (χ4v) is 3.86. The molecule has 4 amide bonds. The van der Waals surface area contributed by atoms with Crippen molar-refractivity contribution in [2.75, 3.05) is 17.2 Å². The molecule has 0 saturated heterocycles. The van der Waals surface area contributed by atoms with Gasteiger partial charge in [0.05, 0.1) is 17.3 Å². The molecular formula is C22H21ClN4O4. The largest absolute Gasteiger partial charge is 0.345 e. The molecule has 9 heteroatoms. The van der Waals surface area contributed by atoms with E-state index in [0.29, 0.717) is 27.5 Å². The first-order chi connectivity index (χ1) is 14.8. The van der Waals surface area contributed by atoms with Crippen LogP contribution in [0, 0.1) is 0 Å². The molecule has 2 aromatic rings. The van der Waals surface area contributed by atoms with E-state index in [0.717, 1.165) is 12.8 Å². The van der Waals surface area contributed by atoms with E-state index in [4.69, 9.17) is 11.6 Å². The fourth-order valence-electron chi connectivity index (χ4n) is 3.69. The number of hydrogen-bond acceptors (Lipinski definition) is 4. The van der Waals surface area contributed by atoms with E-state index in [1.165, 1.54) is 13.0 Å². The van der Waals surface area contributed by atoms with Gasteiger partial charge in [-0.25, -0.2) is 0 Å². The van der Waals surface area contributed by atoms with Crippen LogP contribution in [-0.2, 0) is 14.4 Å². The van der Waals surface area contributed by atoms with Crippen LogP contribution in [0.2, 0.25) is 5.02 Å². The number of anilines is 2. The van der Waals surface area contributed by atoms with Gasteiger partial charge in [0.25, 0.3) is 5.91 Å². The third kappa shape index (κ3) is 4.39. The Kier molecular flexibility index (Phi) is 5.65. The van der Waals surface area contributed by atoms with Crippen molar-refractivity contribution in [2.24, 2.45) is 0 Å². The summed E-state index contributed by atoms with van der Waals surface area (Å²) >= 11 is 6.12. The average molecular weight is 441 g/mol. The van der Waals surface area contributed by atoms with Crippen molar-refractivity contribution in [3.63, 3.8) is 0 Å². The molecule has 1 saturated carbocycles. The summed E-state index contributed by atoms with van der Waals surface area (Å²) in [4.78, 5) is 50.9. The molecule has 1 heterocycles. The van der Waals surface area contributed by atoms with Gasteiger partial charge in [-0.2, -0.15) is 0 Å². The smallest absolute Gasteiger partial charge is 0.255 e. The maximum Gasteiger partial charge on any atom is 0.255 e. The first-order valence-corrected chi connectivity index (χ1v) is 10.3. The Balaban J connectivity index is 1.42. The Morgan fingerprint density at radius 1 is 1.10 bits per heavy atom. The zero-order valence-electron chi connectivity index (χ0n) is 16.8. The molecule has 0 spiro atoms. The number of nitrogens with one attached hydrogen (secondary N) is 3. The Bertz CT molecular complexity index is 1080. The molecule has 0 aromatic heterocycles. The highest BCUT2D eigenvalue weighted by atomic mass is 35.5. The van der Waals surface area contributed by atoms with Crippen molar-refractivity contribution in [1.29, 1.82) is 0 Å². The molecule has 31 heavy (non-hydrogen) atoms. The Hall–Kier alpha value is -3.39. The fraction of sp³-hybridized carbons (Fsp3) is 0.273. The van der Waals surface area contributed by atoms with E-state index >= 15 is 0 Å². The predicted octanol–water partition coefficient (Wildman–Crippen LogP) is 2.71. The Morgan fingerprint density at radius 2 is 1.84 bits per heavy atom. The van der Waals surface area contributed by atoms with E-state index in [2.05, 4.69) is 16.0 Å². The number of halogens is 1. The molecule has 1 aliphatic heterocycles. The zero-order valence-corrected chi connectivity index (χ0v) is 17.5. The van der Waals surface area contributed by atoms with Gasteiger partial charge in [0, 0.05) is 24.2 Å². The van der Waals surface area contributed by atoms with Crippen molar-refractivity contribution < 1.29 is 19.2 Å². The van der Waals surface area contributed by atoms with Crippen LogP contribution < -0.4 is 16.0 Å². The zero-order chi connectivity index (χ0) is 22.1. The van der Waals surface area contributed by atoms with Gasteiger partial charge >= 0.3 is 0 Å². The molecule has 2 aliphatic rings. The number of fused-ring (bicyclic) bond motifs is 1. The summed E-state index contributed by atoms with van der Waals surface area (Å²) in [6, 6.07) is 11.1. The van der Waals surface area contributed by atoms with Gasteiger partial charge in [-0.3, -0.25) is 19.2 Å². The van der Waals surface area contributed by atoms with Gasteiger partial charge in [0.15, 0.2) is 0 Å². The van der Waals surface area contributed by atoms with Crippen LogP contribution in [0.4, 0.5) is 11.4 Å². The molecule has 0 radical (unpaired) electrons. The number of amides is 4.